The van der Waals surface area contributed by atoms with Crippen LogP contribution in [0.4, 0.5) is 0 Å². The van der Waals surface area contributed by atoms with Gasteiger partial charge in [-0.2, -0.15) is 0 Å². The molecule has 2 fully saturated rings. The molecule has 0 bridgehead atoms. The Labute approximate surface area is 152 Å². The van der Waals surface area contributed by atoms with Gasteiger partial charge in [0.15, 0.2) is 0 Å². The first-order valence-electron chi connectivity index (χ1n) is 9.22. The molecule has 0 radical (unpaired) electrons. The average Bonchev–Trinajstić information content (AvgIpc) is 3.28. The molecule has 7 nitrogen and oxygen atoms in total. The summed E-state index contributed by atoms with van der Waals surface area (Å²) in [7, 11) is 0. The monoisotopic (exact) mass is 359 g/mol. The molecular formula is C19H25N3O4. The van der Waals surface area contributed by atoms with Gasteiger partial charge in [0, 0.05) is 24.4 Å². The molecule has 1 saturated heterocycles. The van der Waals surface area contributed by atoms with Crippen molar-refractivity contribution >= 4 is 5.91 Å². The van der Waals surface area contributed by atoms with E-state index in [1.807, 2.05) is 32.2 Å². The fourth-order valence-electron chi connectivity index (χ4n) is 3.45. The third kappa shape index (κ3) is 3.54. The number of nitrogens with zero attached hydrogens (tertiary/aromatic N) is 2. The molecule has 140 valence electrons. The van der Waals surface area contributed by atoms with Crippen LogP contribution >= 0.6 is 0 Å². The molecule has 1 aliphatic heterocycles. The first-order valence-corrected chi connectivity index (χ1v) is 9.22. The SMILES string of the molecule is Cc1noc(C)c1CO[C@H]1CCOC[C@H]1NC(=O)c1cccn1C1CC1. The van der Waals surface area contributed by atoms with Gasteiger partial charge in [0.25, 0.3) is 5.91 Å². The molecule has 1 amide bonds. The second-order valence-corrected chi connectivity index (χ2v) is 7.13. The first kappa shape index (κ1) is 17.3. The Balaban J connectivity index is 1.40. The summed E-state index contributed by atoms with van der Waals surface area (Å²) in [6.07, 6.45) is 4.92. The highest BCUT2D eigenvalue weighted by Crippen LogP contribution is 2.36. The van der Waals surface area contributed by atoms with Crippen molar-refractivity contribution in [1.29, 1.82) is 0 Å². The predicted octanol–water partition coefficient (Wildman–Crippen LogP) is 2.53. The topological polar surface area (TPSA) is 78.5 Å². The van der Waals surface area contributed by atoms with Gasteiger partial charge in [0.05, 0.1) is 31.1 Å². The number of amides is 1. The van der Waals surface area contributed by atoms with Crippen molar-refractivity contribution in [1.82, 2.24) is 15.0 Å². The van der Waals surface area contributed by atoms with Crippen LogP contribution in [-0.4, -0.2) is 41.0 Å². The van der Waals surface area contributed by atoms with E-state index in [0.29, 0.717) is 31.6 Å². The summed E-state index contributed by atoms with van der Waals surface area (Å²) < 4.78 is 18.9. The third-order valence-corrected chi connectivity index (χ3v) is 5.18. The van der Waals surface area contributed by atoms with Crippen molar-refractivity contribution in [3.63, 3.8) is 0 Å². The number of rotatable bonds is 6. The minimum absolute atomic E-state index is 0.0664. The molecule has 1 aliphatic carbocycles. The number of hydrogen-bond donors (Lipinski definition) is 1. The van der Waals surface area contributed by atoms with Crippen LogP contribution in [0.15, 0.2) is 22.9 Å². The van der Waals surface area contributed by atoms with E-state index in [4.69, 9.17) is 14.0 Å². The zero-order valence-corrected chi connectivity index (χ0v) is 15.2. The van der Waals surface area contributed by atoms with E-state index in [1.165, 1.54) is 0 Å². The van der Waals surface area contributed by atoms with Crippen LogP contribution in [0.25, 0.3) is 0 Å². The molecule has 2 aromatic rings. The van der Waals surface area contributed by atoms with Gasteiger partial charge in [-0.15, -0.1) is 0 Å². The lowest BCUT2D eigenvalue weighted by Gasteiger charge is -2.32. The second-order valence-electron chi connectivity index (χ2n) is 7.13. The zero-order valence-electron chi connectivity index (χ0n) is 15.2. The van der Waals surface area contributed by atoms with E-state index in [9.17, 15) is 4.79 Å². The Morgan fingerprint density at radius 2 is 2.23 bits per heavy atom. The summed E-state index contributed by atoms with van der Waals surface area (Å²) >= 11 is 0. The van der Waals surface area contributed by atoms with Gasteiger partial charge >= 0.3 is 0 Å². The van der Waals surface area contributed by atoms with Crippen molar-refractivity contribution < 1.29 is 18.8 Å². The van der Waals surface area contributed by atoms with Crippen molar-refractivity contribution in [2.24, 2.45) is 0 Å². The number of hydrogen-bond acceptors (Lipinski definition) is 5. The van der Waals surface area contributed by atoms with Crippen molar-refractivity contribution in [2.75, 3.05) is 13.2 Å². The predicted molar refractivity (Wildman–Crippen MR) is 93.9 cm³/mol. The number of nitrogens with one attached hydrogen (secondary N) is 1. The Bertz CT molecular complexity index is 758. The Morgan fingerprint density at radius 1 is 1.38 bits per heavy atom. The molecule has 4 rings (SSSR count). The van der Waals surface area contributed by atoms with Gasteiger partial charge in [-0.3, -0.25) is 4.79 Å². The number of carbonyl (C=O) groups is 1. The smallest absolute Gasteiger partial charge is 0.268 e. The Hall–Kier alpha value is -2.12. The quantitative estimate of drug-likeness (QED) is 0.857. The third-order valence-electron chi connectivity index (χ3n) is 5.18. The fourth-order valence-corrected chi connectivity index (χ4v) is 3.45. The number of aromatic nitrogens is 2. The fraction of sp³-hybridized carbons (Fsp3) is 0.579. The summed E-state index contributed by atoms with van der Waals surface area (Å²) in [5.74, 6) is 0.709. The van der Waals surface area contributed by atoms with E-state index >= 15 is 0 Å². The van der Waals surface area contributed by atoms with Crippen LogP contribution < -0.4 is 5.32 Å². The van der Waals surface area contributed by atoms with E-state index in [0.717, 1.165) is 36.3 Å². The summed E-state index contributed by atoms with van der Waals surface area (Å²) in [6.45, 7) is 5.31. The van der Waals surface area contributed by atoms with Crippen molar-refractivity contribution in [3.05, 3.63) is 41.0 Å². The van der Waals surface area contributed by atoms with Gasteiger partial charge in [0.2, 0.25) is 0 Å². The zero-order chi connectivity index (χ0) is 18.1. The van der Waals surface area contributed by atoms with Gasteiger partial charge in [-0.05, 0) is 45.2 Å². The highest BCUT2D eigenvalue weighted by atomic mass is 16.5. The molecule has 3 heterocycles. The largest absolute Gasteiger partial charge is 0.379 e. The van der Waals surface area contributed by atoms with Crippen LogP contribution in [0, 0.1) is 13.8 Å². The van der Waals surface area contributed by atoms with Crippen molar-refractivity contribution in [3.8, 4) is 0 Å². The summed E-state index contributed by atoms with van der Waals surface area (Å²) in [6, 6.07) is 4.10. The molecule has 0 unspecified atom stereocenters. The minimum Gasteiger partial charge on any atom is -0.379 e. The van der Waals surface area contributed by atoms with Gasteiger partial charge in [0.1, 0.15) is 11.5 Å². The summed E-state index contributed by atoms with van der Waals surface area (Å²) in [4.78, 5) is 12.7. The summed E-state index contributed by atoms with van der Waals surface area (Å²) in [5, 5.41) is 7.07. The number of carbonyl (C=O) groups excluding carboxylic acids is 1. The number of aryl methyl sites for hydroxylation is 2. The lowest BCUT2D eigenvalue weighted by atomic mass is 10.1. The van der Waals surface area contributed by atoms with E-state index in [-0.39, 0.29) is 18.1 Å². The standard InChI is InChI=1S/C19H25N3O4/c1-12-15(13(2)26-21-12)10-25-18-7-9-24-11-16(18)20-19(23)17-4-3-8-22(17)14-5-6-14/h3-4,8,14,16,18H,5-7,9-11H2,1-2H3,(H,20,23)/t16-,18+/m1/s1. The maximum atomic E-state index is 12.7. The molecule has 2 atom stereocenters. The maximum absolute atomic E-state index is 12.7. The lowest BCUT2D eigenvalue weighted by molar-refractivity contribution is -0.0608. The van der Waals surface area contributed by atoms with Crippen LogP contribution in [0.5, 0.6) is 0 Å². The molecule has 2 aromatic heterocycles. The molecule has 26 heavy (non-hydrogen) atoms. The molecule has 1 N–H and O–H groups in total. The van der Waals surface area contributed by atoms with Crippen molar-refractivity contribution in [2.45, 2.75) is 57.9 Å². The maximum Gasteiger partial charge on any atom is 0.268 e. The highest BCUT2D eigenvalue weighted by molar-refractivity contribution is 5.93. The minimum atomic E-state index is -0.167. The lowest BCUT2D eigenvalue weighted by Crippen LogP contribution is -2.50. The second kappa shape index (κ2) is 7.25. The summed E-state index contributed by atoms with van der Waals surface area (Å²) in [5.41, 5.74) is 2.53. The van der Waals surface area contributed by atoms with E-state index < -0.39 is 0 Å². The van der Waals surface area contributed by atoms with Crippen LogP contribution in [-0.2, 0) is 16.1 Å². The molecule has 2 aliphatic rings. The van der Waals surface area contributed by atoms with Crippen LogP contribution in [0.2, 0.25) is 0 Å². The van der Waals surface area contributed by atoms with Gasteiger partial charge < -0.3 is 23.9 Å². The molecule has 0 spiro atoms. The van der Waals surface area contributed by atoms with E-state index in [2.05, 4.69) is 15.0 Å². The van der Waals surface area contributed by atoms with E-state index in [1.54, 1.807) is 0 Å². The molecule has 1 saturated carbocycles. The highest BCUT2D eigenvalue weighted by Gasteiger charge is 2.31. The molecular weight excluding hydrogens is 334 g/mol. The Morgan fingerprint density at radius 3 is 2.96 bits per heavy atom. The normalized spacial score (nSPS) is 23.2. The van der Waals surface area contributed by atoms with Gasteiger partial charge in [-0.1, -0.05) is 5.16 Å². The molecule has 7 heteroatoms. The van der Waals surface area contributed by atoms with Gasteiger partial charge in [-0.25, -0.2) is 0 Å². The number of ether oxygens (including phenoxy) is 2. The first-order chi connectivity index (χ1) is 12.6. The van der Waals surface area contributed by atoms with Crippen LogP contribution in [0.1, 0.15) is 52.8 Å². The molecule has 0 aromatic carbocycles. The Kier molecular flexibility index (Phi) is 4.82. The van der Waals surface area contributed by atoms with Crippen LogP contribution in [0.3, 0.4) is 0 Å². The average molecular weight is 359 g/mol.